The van der Waals surface area contributed by atoms with E-state index < -0.39 is 36.1 Å². The zero-order chi connectivity index (χ0) is 22.1. The van der Waals surface area contributed by atoms with Crippen LogP contribution in [0.5, 0.6) is 5.75 Å². The average molecular weight is 430 g/mol. The molecule has 4 atom stereocenters. The molecule has 1 amide bonds. The number of benzene rings is 1. The maximum absolute atomic E-state index is 12.9. The molecule has 10 nitrogen and oxygen atoms in total. The molecule has 0 saturated carbocycles. The van der Waals surface area contributed by atoms with Crippen molar-refractivity contribution in [2.45, 2.75) is 50.4 Å². The van der Waals surface area contributed by atoms with Crippen LogP contribution in [0, 0.1) is 6.92 Å². The van der Waals surface area contributed by atoms with E-state index in [1.165, 1.54) is 12.3 Å². The first kappa shape index (κ1) is 21.3. The zero-order valence-corrected chi connectivity index (χ0v) is 17.1. The number of aliphatic hydroxyl groups excluding tert-OH is 2. The summed E-state index contributed by atoms with van der Waals surface area (Å²) in [5, 5.41) is 20.8. The Morgan fingerprint density at radius 2 is 1.84 bits per heavy atom. The van der Waals surface area contributed by atoms with E-state index in [0.29, 0.717) is 25.9 Å². The van der Waals surface area contributed by atoms with Crippen LogP contribution in [0.15, 0.2) is 41.3 Å². The number of piperidine rings is 1. The predicted octanol–water partition coefficient (Wildman–Crippen LogP) is -0.177. The monoisotopic (exact) mass is 430 g/mol. The van der Waals surface area contributed by atoms with Crippen LogP contribution in [0.25, 0.3) is 0 Å². The Balaban J connectivity index is 1.37. The van der Waals surface area contributed by atoms with Crippen molar-refractivity contribution in [3.8, 4) is 5.75 Å². The molecule has 0 radical (unpaired) electrons. The van der Waals surface area contributed by atoms with Crippen molar-refractivity contribution >= 4 is 11.7 Å². The number of nitrogens with two attached hydrogens (primary N) is 1. The molecule has 0 aliphatic carbocycles. The van der Waals surface area contributed by atoms with Crippen LogP contribution in [-0.4, -0.2) is 68.1 Å². The molecule has 2 aliphatic heterocycles. The van der Waals surface area contributed by atoms with Gasteiger partial charge in [0.1, 0.15) is 29.9 Å². The van der Waals surface area contributed by atoms with Gasteiger partial charge in [-0.2, -0.15) is 4.98 Å². The highest BCUT2D eigenvalue weighted by Gasteiger charge is 2.49. The number of aromatic nitrogens is 2. The Morgan fingerprint density at radius 1 is 1.16 bits per heavy atom. The van der Waals surface area contributed by atoms with Gasteiger partial charge in [-0.3, -0.25) is 9.36 Å². The first-order chi connectivity index (χ1) is 14.8. The molecule has 2 saturated heterocycles. The summed E-state index contributed by atoms with van der Waals surface area (Å²) in [4.78, 5) is 30.2. The summed E-state index contributed by atoms with van der Waals surface area (Å²) in [5.74, 6) is 0.385. The molecule has 0 bridgehead atoms. The summed E-state index contributed by atoms with van der Waals surface area (Å²) in [6.07, 6.45) is -2.87. The molecule has 3 heterocycles. The van der Waals surface area contributed by atoms with E-state index in [1.807, 2.05) is 31.2 Å². The molecule has 31 heavy (non-hydrogen) atoms. The van der Waals surface area contributed by atoms with Gasteiger partial charge in [-0.1, -0.05) is 17.7 Å². The Hall–Kier alpha value is -2.95. The van der Waals surface area contributed by atoms with Gasteiger partial charge in [0.25, 0.3) is 5.91 Å². The first-order valence-electron chi connectivity index (χ1n) is 10.2. The van der Waals surface area contributed by atoms with Crippen LogP contribution >= 0.6 is 0 Å². The minimum Gasteiger partial charge on any atom is -0.490 e. The SMILES string of the molecule is Cc1ccc(OC2CCN(C(=O)[C@H]3O[C@@H](n4ccc(N)nc4=O)[C@H](O)[C@@H]3O)CC2)cc1. The number of carbonyl (C=O) groups is 1. The fourth-order valence-corrected chi connectivity index (χ4v) is 3.90. The smallest absolute Gasteiger partial charge is 0.351 e. The summed E-state index contributed by atoms with van der Waals surface area (Å²) < 4.78 is 12.6. The highest BCUT2D eigenvalue weighted by atomic mass is 16.6. The lowest BCUT2D eigenvalue weighted by molar-refractivity contribution is -0.150. The van der Waals surface area contributed by atoms with Crippen molar-refractivity contribution in [1.82, 2.24) is 14.5 Å². The Morgan fingerprint density at radius 3 is 2.48 bits per heavy atom. The van der Waals surface area contributed by atoms with Gasteiger partial charge in [0.15, 0.2) is 12.3 Å². The second kappa shape index (κ2) is 8.66. The number of aryl methyl sites for hydroxylation is 1. The van der Waals surface area contributed by atoms with Gasteiger partial charge in [-0.15, -0.1) is 0 Å². The number of aliphatic hydroxyl groups is 2. The van der Waals surface area contributed by atoms with Gasteiger partial charge in [-0.05, 0) is 25.1 Å². The van der Waals surface area contributed by atoms with Crippen molar-refractivity contribution in [3.63, 3.8) is 0 Å². The normalized spacial score (nSPS) is 26.7. The topological polar surface area (TPSA) is 140 Å². The quantitative estimate of drug-likeness (QED) is 0.607. The molecular formula is C21H26N4O6. The fraction of sp³-hybridized carbons (Fsp3) is 0.476. The van der Waals surface area contributed by atoms with Crippen molar-refractivity contribution in [2.24, 2.45) is 0 Å². The summed E-state index contributed by atoms with van der Waals surface area (Å²) >= 11 is 0. The average Bonchev–Trinajstić information content (AvgIpc) is 3.04. The Bertz CT molecular complexity index is 986. The number of hydrogen-bond donors (Lipinski definition) is 3. The lowest BCUT2D eigenvalue weighted by atomic mass is 10.0. The van der Waals surface area contributed by atoms with Gasteiger partial charge >= 0.3 is 5.69 Å². The highest BCUT2D eigenvalue weighted by molar-refractivity contribution is 5.82. The summed E-state index contributed by atoms with van der Waals surface area (Å²) in [5.41, 5.74) is 5.89. The zero-order valence-electron chi connectivity index (χ0n) is 17.1. The Labute approximate surface area is 178 Å². The van der Waals surface area contributed by atoms with Crippen LogP contribution in [0.2, 0.25) is 0 Å². The molecule has 166 valence electrons. The van der Waals surface area contributed by atoms with Gasteiger partial charge in [0, 0.05) is 32.1 Å². The van der Waals surface area contributed by atoms with E-state index in [4.69, 9.17) is 15.2 Å². The molecule has 10 heteroatoms. The van der Waals surface area contributed by atoms with Crippen LogP contribution in [0.1, 0.15) is 24.6 Å². The molecule has 0 unspecified atom stereocenters. The maximum Gasteiger partial charge on any atom is 0.351 e. The lowest BCUT2D eigenvalue weighted by Crippen LogP contribution is -2.49. The second-order valence-electron chi connectivity index (χ2n) is 7.93. The van der Waals surface area contributed by atoms with Crippen LogP contribution in [-0.2, 0) is 9.53 Å². The number of nitrogen functional groups attached to an aromatic ring is 1. The lowest BCUT2D eigenvalue weighted by Gasteiger charge is -2.34. The molecule has 4 N–H and O–H groups in total. The van der Waals surface area contributed by atoms with Crippen molar-refractivity contribution in [3.05, 3.63) is 52.6 Å². The molecule has 0 spiro atoms. The standard InChI is InChI=1S/C21H26N4O6/c1-12-2-4-13(5-3-12)30-14-6-9-24(10-7-14)19(28)18-16(26)17(27)20(31-18)25-11-8-15(22)23-21(25)29/h2-5,8,11,14,16-18,20,26-27H,6-7,9-10H2,1H3,(H2,22,23,29)/t16-,17+,18-,20+/m0/s1. The number of carbonyl (C=O) groups excluding carboxylic acids is 1. The van der Waals surface area contributed by atoms with Crippen LogP contribution in [0.3, 0.4) is 0 Å². The summed E-state index contributed by atoms with van der Waals surface area (Å²) in [6.45, 7) is 2.88. The second-order valence-corrected chi connectivity index (χ2v) is 7.93. The molecule has 4 rings (SSSR count). The number of rotatable bonds is 4. The molecule has 1 aromatic carbocycles. The predicted molar refractivity (Wildman–Crippen MR) is 110 cm³/mol. The van der Waals surface area contributed by atoms with Crippen LogP contribution in [0.4, 0.5) is 5.82 Å². The minimum atomic E-state index is -1.47. The van der Waals surface area contributed by atoms with E-state index in [0.717, 1.165) is 15.9 Å². The fourth-order valence-electron chi connectivity index (χ4n) is 3.90. The number of nitrogens with zero attached hydrogens (tertiary/aromatic N) is 3. The van der Waals surface area contributed by atoms with Gasteiger partial charge in [-0.25, -0.2) is 4.79 Å². The van der Waals surface area contributed by atoms with Crippen molar-refractivity contribution in [1.29, 1.82) is 0 Å². The van der Waals surface area contributed by atoms with E-state index in [-0.39, 0.29) is 11.9 Å². The van der Waals surface area contributed by atoms with E-state index in [9.17, 15) is 19.8 Å². The number of ether oxygens (including phenoxy) is 2. The third kappa shape index (κ3) is 4.41. The molecule has 2 fully saturated rings. The molecule has 2 aliphatic rings. The minimum absolute atomic E-state index is 0.0149. The number of amides is 1. The molecule has 1 aromatic heterocycles. The number of anilines is 1. The van der Waals surface area contributed by atoms with E-state index >= 15 is 0 Å². The third-order valence-corrected chi connectivity index (χ3v) is 5.68. The van der Waals surface area contributed by atoms with Gasteiger partial charge in [0.2, 0.25) is 0 Å². The van der Waals surface area contributed by atoms with Gasteiger partial charge < -0.3 is 30.3 Å². The van der Waals surface area contributed by atoms with Crippen molar-refractivity contribution < 1.29 is 24.5 Å². The van der Waals surface area contributed by atoms with E-state index in [1.54, 1.807) is 4.90 Å². The number of hydrogen-bond acceptors (Lipinski definition) is 8. The summed E-state index contributed by atoms with van der Waals surface area (Å²) in [6, 6.07) is 9.18. The molecule has 2 aromatic rings. The molecular weight excluding hydrogens is 404 g/mol. The van der Waals surface area contributed by atoms with E-state index in [2.05, 4.69) is 4.98 Å². The number of likely N-dealkylation sites (tertiary alicyclic amines) is 1. The van der Waals surface area contributed by atoms with Gasteiger partial charge in [0.05, 0.1) is 0 Å². The Kier molecular flexibility index (Phi) is 5.94. The van der Waals surface area contributed by atoms with Crippen molar-refractivity contribution in [2.75, 3.05) is 18.8 Å². The largest absolute Gasteiger partial charge is 0.490 e. The highest BCUT2D eigenvalue weighted by Crippen LogP contribution is 2.30. The maximum atomic E-state index is 12.9. The first-order valence-corrected chi connectivity index (χ1v) is 10.2. The summed E-state index contributed by atoms with van der Waals surface area (Å²) in [7, 11) is 0. The van der Waals surface area contributed by atoms with Crippen LogP contribution < -0.4 is 16.2 Å². The third-order valence-electron chi connectivity index (χ3n) is 5.68.